The minimum Gasteiger partial charge on any atom is -0.480 e. The smallest absolute Gasteiger partial charge is 0.323 e. The lowest BCUT2D eigenvalue weighted by atomic mass is 10.1. The van der Waals surface area contributed by atoms with Crippen LogP contribution in [-0.4, -0.2) is 35.0 Å². The van der Waals surface area contributed by atoms with Gasteiger partial charge in [-0.2, -0.15) is 0 Å². The predicted octanol–water partition coefficient (Wildman–Crippen LogP) is 1.79. The summed E-state index contributed by atoms with van der Waals surface area (Å²) in [7, 11) is 0. The van der Waals surface area contributed by atoms with Crippen molar-refractivity contribution in [2.75, 3.05) is 6.61 Å². The SMILES string of the molecule is O=C(COCc1ccccc1)N[C@@H](C1CC1)[C@H](Cl)C(=O)O. The molecule has 1 aromatic carbocycles. The Hall–Kier alpha value is -1.59. The maximum atomic E-state index is 11.8. The van der Waals surface area contributed by atoms with Crippen LogP contribution in [0.1, 0.15) is 18.4 Å². The van der Waals surface area contributed by atoms with E-state index in [1.165, 1.54) is 0 Å². The normalized spacial score (nSPS) is 17.0. The summed E-state index contributed by atoms with van der Waals surface area (Å²) in [5.74, 6) is -1.30. The molecule has 0 aliphatic heterocycles. The quantitative estimate of drug-likeness (QED) is 0.718. The number of rotatable bonds is 8. The third-order valence-electron chi connectivity index (χ3n) is 3.35. The highest BCUT2D eigenvalue weighted by atomic mass is 35.5. The molecule has 1 aromatic rings. The fourth-order valence-electron chi connectivity index (χ4n) is 2.10. The number of amides is 1. The first-order valence-electron chi connectivity index (χ1n) is 6.86. The van der Waals surface area contributed by atoms with Crippen molar-refractivity contribution >= 4 is 23.5 Å². The number of carbonyl (C=O) groups excluding carboxylic acids is 1. The van der Waals surface area contributed by atoms with E-state index in [1.807, 2.05) is 30.3 Å². The van der Waals surface area contributed by atoms with Gasteiger partial charge in [0.15, 0.2) is 5.38 Å². The summed E-state index contributed by atoms with van der Waals surface area (Å²) < 4.78 is 5.32. The first-order valence-corrected chi connectivity index (χ1v) is 7.29. The number of carboxylic acid groups (broad SMARTS) is 1. The van der Waals surface area contributed by atoms with Crippen LogP contribution in [0, 0.1) is 5.92 Å². The molecule has 0 heterocycles. The molecule has 6 heteroatoms. The molecule has 1 aliphatic carbocycles. The molecule has 0 bridgehead atoms. The summed E-state index contributed by atoms with van der Waals surface area (Å²) in [6, 6.07) is 8.98. The molecule has 0 radical (unpaired) electrons. The van der Waals surface area contributed by atoms with E-state index >= 15 is 0 Å². The fourth-order valence-corrected chi connectivity index (χ4v) is 2.37. The molecule has 0 saturated heterocycles. The van der Waals surface area contributed by atoms with E-state index in [4.69, 9.17) is 21.4 Å². The van der Waals surface area contributed by atoms with Gasteiger partial charge in [-0.15, -0.1) is 11.6 Å². The lowest BCUT2D eigenvalue weighted by molar-refractivity contribution is -0.137. The number of hydrogen-bond donors (Lipinski definition) is 2. The Balaban J connectivity index is 1.76. The van der Waals surface area contributed by atoms with Crippen LogP contribution in [0.25, 0.3) is 0 Å². The summed E-state index contributed by atoms with van der Waals surface area (Å²) in [5, 5.41) is 10.5. The first kappa shape index (κ1) is 15.8. The lowest BCUT2D eigenvalue weighted by Gasteiger charge is -2.20. The van der Waals surface area contributed by atoms with Gasteiger partial charge in [-0.25, -0.2) is 0 Å². The molecule has 2 rings (SSSR count). The van der Waals surface area contributed by atoms with Crippen LogP contribution in [0.4, 0.5) is 0 Å². The highest BCUT2D eigenvalue weighted by molar-refractivity contribution is 6.30. The van der Waals surface area contributed by atoms with E-state index < -0.39 is 17.4 Å². The Morgan fingerprint density at radius 3 is 2.57 bits per heavy atom. The predicted molar refractivity (Wildman–Crippen MR) is 78.0 cm³/mol. The molecule has 1 amide bonds. The molecule has 114 valence electrons. The maximum Gasteiger partial charge on any atom is 0.323 e. The van der Waals surface area contributed by atoms with Gasteiger partial charge in [0, 0.05) is 0 Å². The number of halogens is 1. The second kappa shape index (κ2) is 7.43. The number of carbonyl (C=O) groups is 2. The third kappa shape index (κ3) is 5.02. The number of ether oxygens (including phenoxy) is 1. The molecule has 2 N–H and O–H groups in total. The second-order valence-corrected chi connectivity index (χ2v) is 5.62. The zero-order valence-corrected chi connectivity index (χ0v) is 12.3. The van der Waals surface area contributed by atoms with Crippen LogP contribution < -0.4 is 5.32 Å². The Labute approximate surface area is 128 Å². The molecular weight excluding hydrogens is 294 g/mol. The minimum absolute atomic E-state index is 0.110. The maximum absolute atomic E-state index is 11.8. The van der Waals surface area contributed by atoms with Crippen LogP contribution >= 0.6 is 11.6 Å². The largest absolute Gasteiger partial charge is 0.480 e. The van der Waals surface area contributed by atoms with Gasteiger partial charge in [0.25, 0.3) is 0 Å². The Morgan fingerprint density at radius 2 is 2.00 bits per heavy atom. The molecule has 5 nitrogen and oxygen atoms in total. The van der Waals surface area contributed by atoms with Gasteiger partial charge in [-0.3, -0.25) is 9.59 Å². The summed E-state index contributed by atoms with van der Waals surface area (Å²) in [6.45, 7) is 0.229. The molecule has 2 atom stereocenters. The van der Waals surface area contributed by atoms with Gasteiger partial charge in [-0.05, 0) is 24.3 Å². The summed E-state index contributed by atoms with van der Waals surface area (Å²) in [4.78, 5) is 22.8. The number of nitrogens with one attached hydrogen (secondary N) is 1. The van der Waals surface area contributed by atoms with Gasteiger partial charge in [0.2, 0.25) is 5.91 Å². The summed E-state index contributed by atoms with van der Waals surface area (Å²) >= 11 is 5.84. The van der Waals surface area contributed by atoms with E-state index in [9.17, 15) is 9.59 Å². The van der Waals surface area contributed by atoms with Crippen LogP contribution in [0.5, 0.6) is 0 Å². The molecule has 0 spiro atoms. The van der Waals surface area contributed by atoms with E-state index in [-0.39, 0.29) is 18.4 Å². The molecule has 0 unspecified atom stereocenters. The van der Waals surface area contributed by atoms with Crippen molar-refractivity contribution in [1.82, 2.24) is 5.32 Å². The van der Waals surface area contributed by atoms with Crippen molar-refractivity contribution < 1.29 is 19.4 Å². The third-order valence-corrected chi connectivity index (χ3v) is 3.81. The van der Waals surface area contributed by atoms with Gasteiger partial charge >= 0.3 is 5.97 Å². The van der Waals surface area contributed by atoms with Crippen LogP contribution in [0.2, 0.25) is 0 Å². The van der Waals surface area contributed by atoms with Crippen molar-refractivity contribution in [3.63, 3.8) is 0 Å². The molecule has 1 aliphatic rings. The van der Waals surface area contributed by atoms with Crippen molar-refractivity contribution in [2.45, 2.75) is 30.9 Å². The number of hydrogen-bond acceptors (Lipinski definition) is 3. The van der Waals surface area contributed by atoms with Crippen molar-refractivity contribution in [2.24, 2.45) is 5.92 Å². The topological polar surface area (TPSA) is 75.6 Å². The van der Waals surface area contributed by atoms with Crippen molar-refractivity contribution in [3.05, 3.63) is 35.9 Å². The summed E-state index contributed by atoms with van der Waals surface area (Å²) in [6.07, 6.45) is 1.79. The second-order valence-electron chi connectivity index (χ2n) is 5.15. The molecular formula is C15H18ClNO4. The van der Waals surface area contributed by atoms with Gasteiger partial charge in [-0.1, -0.05) is 30.3 Å². The van der Waals surface area contributed by atoms with Crippen LogP contribution in [0.15, 0.2) is 30.3 Å². The molecule has 1 fully saturated rings. The molecule has 1 saturated carbocycles. The fraction of sp³-hybridized carbons (Fsp3) is 0.467. The van der Waals surface area contributed by atoms with Crippen molar-refractivity contribution in [1.29, 1.82) is 0 Å². The zero-order chi connectivity index (χ0) is 15.2. The van der Waals surface area contributed by atoms with Crippen LogP contribution in [-0.2, 0) is 20.9 Å². The first-order chi connectivity index (χ1) is 10.1. The number of carboxylic acids is 1. The van der Waals surface area contributed by atoms with Gasteiger partial charge in [0.05, 0.1) is 12.6 Å². The van der Waals surface area contributed by atoms with Gasteiger partial charge < -0.3 is 15.2 Å². The zero-order valence-electron chi connectivity index (χ0n) is 11.5. The van der Waals surface area contributed by atoms with E-state index in [2.05, 4.69) is 5.32 Å². The van der Waals surface area contributed by atoms with E-state index in [0.717, 1.165) is 18.4 Å². The average molecular weight is 312 g/mol. The van der Waals surface area contributed by atoms with Crippen molar-refractivity contribution in [3.8, 4) is 0 Å². The standard InChI is InChI=1S/C15H18ClNO4/c16-13(15(19)20)14(11-6-7-11)17-12(18)9-21-8-10-4-2-1-3-5-10/h1-5,11,13-14H,6-9H2,(H,17,18)(H,19,20)/t13-,14-/m0/s1. The average Bonchev–Trinajstić information content (AvgIpc) is 3.29. The van der Waals surface area contributed by atoms with E-state index in [1.54, 1.807) is 0 Å². The molecule has 21 heavy (non-hydrogen) atoms. The number of benzene rings is 1. The molecule has 0 aromatic heterocycles. The highest BCUT2D eigenvalue weighted by Crippen LogP contribution is 2.35. The van der Waals surface area contributed by atoms with E-state index in [0.29, 0.717) is 6.61 Å². The van der Waals surface area contributed by atoms with Gasteiger partial charge in [0.1, 0.15) is 6.61 Å². The van der Waals surface area contributed by atoms with Crippen LogP contribution in [0.3, 0.4) is 0 Å². The highest BCUT2D eigenvalue weighted by Gasteiger charge is 2.39. The monoisotopic (exact) mass is 311 g/mol. The Bertz CT molecular complexity index is 490. The number of alkyl halides is 1. The Morgan fingerprint density at radius 1 is 1.33 bits per heavy atom. The minimum atomic E-state index is -1.11. The number of aliphatic carboxylic acids is 1. The Kier molecular flexibility index (Phi) is 5.59. The summed E-state index contributed by atoms with van der Waals surface area (Å²) in [5.41, 5.74) is 0.977. The lowest BCUT2D eigenvalue weighted by Crippen LogP contribution is -2.47.